The minimum Gasteiger partial charge on any atom is -0.375 e. The Morgan fingerprint density at radius 3 is 2.68 bits per heavy atom. The molecule has 10 atom stereocenters. The van der Waals surface area contributed by atoms with Gasteiger partial charge in [-0.2, -0.15) is 0 Å². The van der Waals surface area contributed by atoms with Crippen molar-refractivity contribution in [1.82, 2.24) is 36.4 Å². The van der Waals surface area contributed by atoms with Crippen molar-refractivity contribution in [3.63, 3.8) is 0 Å². The summed E-state index contributed by atoms with van der Waals surface area (Å²) in [7, 11) is 0.0855. The van der Waals surface area contributed by atoms with Gasteiger partial charge in [0, 0.05) is 77.9 Å². The lowest BCUT2D eigenvalue weighted by Crippen LogP contribution is -2.71. The topological polar surface area (TPSA) is 105 Å². The van der Waals surface area contributed by atoms with Crippen LogP contribution in [-0.4, -0.2) is 115 Å². The van der Waals surface area contributed by atoms with Crippen molar-refractivity contribution in [1.29, 1.82) is 0 Å². The fourth-order valence-corrected chi connectivity index (χ4v) is 9.27. The van der Waals surface area contributed by atoms with Crippen LogP contribution in [0.15, 0.2) is 4.36 Å². The fraction of sp³-hybridized carbons (Fsp3) is 1.00. The number of rotatable bonds is 4. The van der Waals surface area contributed by atoms with Gasteiger partial charge in [-0.05, 0) is 58.9 Å². The summed E-state index contributed by atoms with van der Waals surface area (Å²) < 4.78 is 23.7. The van der Waals surface area contributed by atoms with E-state index < -0.39 is 9.73 Å². The number of likely N-dealkylation sites (tertiary alicyclic amines) is 2. The predicted molar refractivity (Wildman–Crippen MR) is 152 cm³/mol. The van der Waals surface area contributed by atoms with Gasteiger partial charge in [0.1, 0.15) is 12.5 Å². The van der Waals surface area contributed by atoms with E-state index in [2.05, 4.69) is 68.6 Å². The quantitative estimate of drug-likeness (QED) is 0.338. The van der Waals surface area contributed by atoms with Crippen molar-refractivity contribution in [2.24, 2.45) is 21.6 Å². The molecule has 0 amide bonds. The van der Waals surface area contributed by atoms with Crippen LogP contribution in [0.25, 0.3) is 0 Å². The Balaban J connectivity index is 1.21. The molecule has 0 radical (unpaired) electrons. The molecule has 0 saturated carbocycles. The molecule has 6 saturated heterocycles. The van der Waals surface area contributed by atoms with Gasteiger partial charge >= 0.3 is 0 Å². The maximum Gasteiger partial charge on any atom is 0.113 e. The lowest BCUT2D eigenvalue weighted by Gasteiger charge is -2.49. The number of hydrogen-bond donors (Lipinski definition) is 5. The molecule has 0 aliphatic carbocycles. The summed E-state index contributed by atoms with van der Waals surface area (Å²) in [4.78, 5) is 5.21. The van der Waals surface area contributed by atoms with Gasteiger partial charge in [-0.25, -0.2) is 4.36 Å². The molecule has 0 spiro atoms. The van der Waals surface area contributed by atoms with E-state index in [1.807, 2.05) is 0 Å². The summed E-state index contributed by atoms with van der Waals surface area (Å²) in [6.45, 7) is 12.1. The molecule has 8 unspecified atom stereocenters. The Kier molecular flexibility index (Phi) is 7.43. The molecule has 10 nitrogen and oxygen atoms in total. The minimum absolute atomic E-state index is 0.0455. The molecule has 0 aromatic rings. The lowest BCUT2D eigenvalue weighted by atomic mass is 9.69. The van der Waals surface area contributed by atoms with Crippen LogP contribution in [-0.2, 0) is 14.5 Å². The van der Waals surface area contributed by atoms with Gasteiger partial charge in [-0.3, -0.25) is 30.4 Å². The fourth-order valence-electron chi connectivity index (χ4n) is 8.49. The molecule has 0 aromatic heterocycles. The van der Waals surface area contributed by atoms with Gasteiger partial charge in [0.15, 0.2) is 0 Å². The Labute approximate surface area is 230 Å². The standard InChI is InChI=1S/C27H52N8O2S/c1-26(2)11-21-27(3,16-37-26)19-13-29-25(30-18-10-17-14-34(4)15-20(17)28-12-18)32-24(19)35(21)23-9-7-8-22(31-23)33-38(5,6)36/h17-25,28-32H,7-16H2,1-6H3/t17?,18?,19?,20?,21-,22?,23?,24?,25?,27-/m1/s1. The minimum atomic E-state index is -2.15. The monoisotopic (exact) mass is 552 g/mol. The zero-order chi connectivity index (χ0) is 26.9. The van der Waals surface area contributed by atoms with E-state index in [9.17, 15) is 4.21 Å². The van der Waals surface area contributed by atoms with Crippen molar-refractivity contribution in [3.8, 4) is 0 Å². The van der Waals surface area contributed by atoms with Crippen LogP contribution in [0.2, 0.25) is 0 Å². The van der Waals surface area contributed by atoms with Gasteiger partial charge < -0.3 is 15.0 Å². The summed E-state index contributed by atoms with van der Waals surface area (Å²) in [5, 5.41) is 19.4. The number of hydrogen-bond acceptors (Lipinski definition) is 10. The van der Waals surface area contributed by atoms with Crippen molar-refractivity contribution in [2.75, 3.05) is 52.3 Å². The van der Waals surface area contributed by atoms with Gasteiger partial charge in [0.25, 0.3) is 0 Å². The Morgan fingerprint density at radius 1 is 1.08 bits per heavy atom. The first-order valence-electron chi connectivity index (χ1n) is 14.9. The zero-order valence-electron chi connectivity index (χ0n) is 24.3. The number of fused-ring (bicyclic) bond motifs is 4. The van der Waals surface area contributed by atoms with E-state index in [1.165, 1.54) is 19.5 Å². The van der Waals surface area contributed by atoms with Gasteiger partial charge in [-0.1, -0.05) is 6.92 Å². The smallest absolute Gasteiger partial charge is 0.113 e. The number of nitrogens with one attached hydrogen (secondary N) is 5. The molecule has 218 valence electrons. The molecule has 6 heterocycles. The van der Waals surface area contributed by atoms with Crippen LogP contribution in [0.5, 0.6) is 0 Å². The van der Waals surface area contributed by atoms with Crippen LogP contribution < -0.4 is 26.6 Å². The third-order valence-corrected chi connectivity index (χ3v) is 11.1. The van der Waals surface area contributed by atoms with Crippen LogP contribution in [0.4, 0.5) is 0 Å². The molecular formula is C27H52N8O2S. The van der Waals surface area contributed by atoms with E-state index in [0.29, 0.717) is 24.0 Å². The van der Waals surface area contributed by atoms with Gasteiger partial charge in [0.2, 0.25) is 0 Å². The summed E-state index contributed by atoms with van der Waals surface area (Å²) in [5.74, 6) is 1.17. The van der Waals surface area contributed by atoms with Crippen LogP contribution in [0, 0.1) is 17.3 Å². The Bertz CT molecular complexity index is 996. The highest BCUT2D eigenvalue weighted by atomic mass is 32.2. The Hall–Kier alpha value is -0.370. The highest BCUT2D eigenvalue weighted by Crippen LogP contribution is 2.53. The number of piperidine rings is 2. The maximum atomic E-state index is 12.5. The first-order chi connectivity index (χ1) is 17.9. The second-order valence-corrected chi connectivity index (χ2v) is 16.9. The second-order valence-electron chi connectivity index (χ2n) is 14.3. The zero-order valence-corrected chi connectivity index (χ0v) is 25.2. The molecule has 6 aliphatic heterocycles. The molecule has 6 fully saturated rings. The van der Waals surface area contributed by atoms with Crippen molar-refractivity contribution >= 4 is 9.73 Å². The molecule has 0 aromatic carbocycles. The highest BCUT2D eigenvalue weighted by Gasteiger charge is 2.62. The molecule has 5 N–H and O–H groups in total. The summed E-state index contributed by atoms with van der Waals surface area (Å²) in [6, 6.07) is 1.50. The third kappa shape index (κ3) is 5.44. The van der Waals surface area contributed by atoms with E-state index in [1.54, 1.807) is 12.5 Å². The molecule has 6 aliphatic rings. The maximum absolute atomic E-state index is 12.5. The van der Waals surface area contributed by atoms with Gasteiger partial charge in [0.05, 0.1) is 24.5 Å². The normalized spacial score (nSPS) is 47.8. The number of nitrogens with zero attached hydrogens (tertiary/aromatic N) is 3. The molecule has 6 rings (SSSR count). The van der Waals surface area contributed by atoms with Crippen molar-refractivity contribution in [2.45, 2.75) is 101 Å². The van der Waals surface area contributed by atoms with Crippen molar-refractivity contribution < 1.29 is 8.95 Å². The van der Waals surface area contributed by atoms with E-state index in [4.69, 9.17) is 4.74 Å². The van der Waals surface area contributed by atoms with E-state index in [-0.39, 0.29) is 35.8 Å². The summed E-state index contributed by atoms with van der Waals surface area (Å²) in [6.07, 6.45) is 9.37. The number of likely N-dealkylation sites (N-methyl/N-ethyl adjacent to an activating group) is 1. The highest BCUT2D eigenvalue weighted by molar-refractivity contribution is 7.92. The summed E-state index contributed by atoms with van der Waals surface area (Å²) >= 11 is 0. The molecule has 38 heavy (non-hydrogen) atoms. The largest absolute Gasteiger partial charge is 0.375 e. The second kappa shape index (κ2) is 10.2. The van der Waals surface area contributed by atoms with E-state index in [0.717, 1.165) is 51.3 Å². The van der Waals surface area contributed by atoms with Crippen molar-refractivity contribution in [3.05, 3.63) is 0 Å². The first kappa shape index (κ1) is 27.8. The average Bonchev–Trinajstić information content (AvgIpc) is 3.31. The SMILES string of the molecule is CN1CC2CC(NC3NCC4C(N3)N(C3CCCC(N=S(C)(C)=O)N3)[C@@H]3CC(C)(C)OC[C@]43C)CNC2C1. The molecule has 11 heteroatoms. The predicted octanol–water partition coefficient (Wildman–Crippen LogP) is 0.330. The lowest BCUT2D eigenvalue weighted by molar-refractivity contribution is -0.141. The average molecular weight is 553 g/mol. The third-order valence-electron chi connectivity index (χ3n) is 10.3. The Morgan fingerprint density at radius 2 is 1.89 bits per heavy atom. The summed E-state index contributed by atoms with van der Waals surface area (Å²) in [5.41, 5.74) is -0.0760. The van der Waals surface area contributed by atoms with Crippen LogP contribution in [0.1, 0.15) is 52.9 Å². The van der Waals surface area contributed by atoms with E-state index >= 15 is 0 Å². The van der Waals surface area contributed by atoms with Gasteiger partial charge in [-0.15, -0.1) is 0 Å². The first-order valence-corrected chi connectivity index (χ1v) is 17.2. The van der Waals surface area contributed by atoms with Crippen LogP contribution in [0.3, 0.4) is 0 Å². The van der Waals surface area contributed by atoms with Crippen LogP contribution >= 0.6 is 0 Å². The molecular weight excluding hydrogens is 500 g/mol. The number of ether oxygens (including phenoxy) is 1. The molecule has 0 bridgehead atoms.